The van der Waals surface area contributed by atoms with Crippen molar-refractivity contribution in [3.63, 3.8) is 0 Å². The molecule has 5 nitrogen and oxygen atoms in total. The van der Waals surface area contributed by atoms with Crippen molar-refractivity contribution in [1.29, 1.82) is 0 Å². The van der Waals surface area contributed by atoms with Gasteiger partial charge < -0.3 is 9.84 Å². The molecule has 0 amide bonds. The Morgan fingerprint density at radius 1 is 1.50 bits per heavy atom. The van der Waals surface area contributed by atoms with Gasteiger partial charge in [-0.3, -0.25) is 14.6 Å². The van der Waals surface area contributed by atoms with Gasteiger partial charge in [-0.15, -0.1) is 0 Å². The smallest absolute Gasteiger partial charge is 0.304 e. The number of hydrogen-bond acceptors (Lipinski definition) is 4. The number of carbonyl (C=O) groups is 1. The summed E-state index contributed by atoms with van der Waals surface area (Å²) in [7, 11) is 3.69. The largest absolute Gasteiger partial charge is 0.481 e. The third-order valence-electron chi connectivity index (χ3n) is 3.28. The molecular formula is C11H22N2O3. The average molecular weight is 230 g/mol. The van der Waals surface area contributed by atoms with Gasteiger partial charge in [-0.25, -0.2) is 0 Å². The van der Waals surface area contributed by atoms with Crippen molar-refractivity contribution >= 4 is 5.97 Å². The Morgan fingerprint density at radius 3 is 2.75 bits per heavy atom. The molecule has 1 saturated heterocycles. The van der Waals surface area contributed by atoms with Crippen LogP contribution in [0.5, 0.6) is 0 Å². The molecule has 1 aliphatic rings. The molecule has 0 aromatic heterocycles. The molecule has 0 spiro atoms. The Kier molecular flexibility index (Phi) is 5.18. The van der Waals surface area contributed by atoms with Gasteiger partial charge in [0.2, 0.25) is 0 Å². The lowest BCUT2D eigenvalue weighted by Gasteiger charge is -2.43. The molecular weight excluding hydrogens is 208 g/mol. The summed E-state index contributed by atoms with van der Waals surface area (Å²) in [6, 6.07) is 0.507. The van der Waals surface area contributed by atoms with Crippen molar-refractivity contribution < 1.29 is 14.6 Å². The molecule has 5 heteroatoms. The van der Waals surface area contributed by atoms with Crippen LogP contribution < -0.4 is 0 Å². The molecule has 16 heavy (non-hydrogen) atoms. The summed E-state index contributed by atoms with van der Waals surface area (Å²) in [4.78, 5) is 15.2. The molecule has 1 heterocycles. The van der Waals surface area contributed by atoms with E-state index in [1.54, 1.807) is 7.11 Å². The van der Waals surface area contributed by atoms with E-state index in [1.807, 2.05) is 7.05 Å². The van der Waals surface area contributed by atoms with Crippen LogP contribution in [0.25, 0.3) is 0 Å². The van der Waals surface area contributed by atoms with Gasteiger partial charge in [0.05, 0.1) is 13.0 Å². The van der Waals surface area contributed by atoms with Crippen LogP contribution >= 0.6 is 0 Å². The summed E-state index contributed by atoms with van der Waals surface area (Å²) in [5, 5.41) is 8.86. The number of likely N-dealkylation sites (N-methyl/N-ethyl adjacent to an activating group) is 1. The van der Waals surface area contributed by atoms with Gasteiger partial charge in [0.25, 0.3) is 0 Å². The highest BCUT2D eigenvalue weighted by molar-refractivity contribution is 5.67. The van der Waals surface area contributed by atoms with Crippen molar-refractivity contribution in [2.24, 2.45) is 0 Å². The van der Waals surface area contributed by atoms with Gasteiger partial charge in [0.15, 0.2) is 0 Å². The first-order valence-corrected chi connectivity index (χ1v) is 5.69. The first kappa shape index (κ1) is 13.4. The van der Waals surface area contributed by atoms with Crippen molar-refractivity contribution in [2.75, 3.05) is 40.4 Å². The van der Waals surface area contributed by atoms with E-state index >= 15 is 0 Å². The highest BCUT2D eigenvalue weighted by atomic mass is 16.5. The summed E-state index contributed by atoms with van der Waals surface area (Å²) in [5.74, 6) is -0.724. The minimum atomic E-state index is -0.724. The van der Waals surface area contributed by atoms with Gasteiger partial charge in [0, 0.05) is 38.8 Å². The summed E-state index contributed by atoms with van der Waals surface area (Å²) >= 11 is 0. The molecule has 2 unspecified atom stereocenters. The maximum atomic E-state index is 10.8. The number of ether oxygens (including phenoxy) is 1. The van der Waals surface area contributed by atoms with Crippen LogP contribution in [0.4, 0.5) is 0 Å². The van der Waals surface area contributed by atoms with Crippen LogP contribution in [0.15, 0.2) is 0 Å². The first-order valence-electron chi connectivity index (χ1n) is 5.69. The summed E-state index contributed by atoms with van der Waals surface area (Å²) < 4.78 is 5.05. The molecule has 94 valence electrons. The van der Waals surface area contributed by atoms with Gasteiger partial charge in [0.1, 0.15) is 0 Å². The van der Waals surface area contributed by atoms with Crippen LogP contribution in [-0.2, 0) is 9.53 Å². The lowest BCUT2D eigenvalue weighted by molar-refractivity contribution is -0.139. The predicted molar refractivity (Wildman–Crippen MR) is 61.6 cm³/mol. The van der Waals surface area contributed by atoms with Gasteiger partial charge in [-0.1, -0.05) is 0 Å². The number of methoxy groups -OCH3 is 1. The second-order valence-corrected chi connectivity index (χ2v) is 4.52. The molecule has 1 rings (SSSR count). The molecule has 2 atom stereocenters. The van der Waals surface area contributed by atoms with Crippen molar-refractivity contribution in [3.8, 4) is 0 Å². The zero-order valence-electron chi connectivity index (χ0n) is 10.3. The number of rotatable bonds is 5. The summed E-state index contributed by atoms with van der Waals surface area (Å²) in [6.45, 7) is 5.52. The van der Waals surface area contributed by atoms with E-state index in [2.05, 4.69) is 16.7 Å². The third kappa shape index (κ3) is 3.73. The SMILES string of the molecule is COCCN1CC(C)N(C)C(CC(=O)O)C1. The molecule has 0 aromatic rings. The van der Waals surface area contributed by atoms with Gasteiger partial charge >= 0.3 is 5.97 Å². The lowest BCUT2D eigenvalue weighted by Crippen LogP contribution is -2.57. The van der Waals surface area contributed by atoms with E-state index in [0.717, 1.165) is 19.6 Å². The third-order valence-corrected chi connectivity index (χ3v) is 3.28. The number of nitrogens with zero attached hydrogens (tertiary/aromatic N) is 2. The first-order chi connectivity index (χ1) is 7.54. The Morgan fingerprint density at radius 2 is 2.19 bits per heavy atom. The van der Waals surface area contributed by atoms with Crippen LogP contribution in [-0.4, -0.2) is 73.4 Å². The van der Waals surface area contributed by atoms with E-state index < -0.39 is 5.97 Å². The Balaban J connectivity index is 2.51. The van der Waals surface area contributed by atoms with Crippen LogP contribution in [0.3, 0.4) is 0 Å². The highest BCUT2D eigenvalue weighted by Crippen LogP contribution is 2.15. The maximum absolute atomic E-state index is 10.8. The normalized spacial score (nSPS) is 28.2. The van der Waals surface area contributed by atoms with Crippen molar-refractivity contribution in [3.05, 3.63) is 0 Å². The van der Waals surface area contributed by atoms with Crippen LogP contribution in [0.1, 0.15) is 13.3 Å². The Bertz CT molecular complexity index is 235. The number of piperazine rings is 1. The van der Waals surface area contributed by atoms with Crippen molar-refractivity contribution in [1.82, 2.24) is 9.80 Å². The summed E-state index contributed by atoms with van der Waals surface area (Å²) in [5.41, 5.74) is 0. The fourth-order valence-corrected chi connectivity index (χ4v) is 2.18. The minimum absolute atomic E-state index is 0.109. The molecule has 0 saturated carbocycles. The highest BCUT2D eigenvalue weighted by Gasteiger charge is 2.30. The van der Waals surface area contributed by atoms with E-state index in [1.165, 1.54) is 0 Å². The second-order valence-electron chi connectivity index (χ2n) is 4.52. The van der Waals surface area contributed by atoms with Crippen LogP contribution in [0, 0.1) is 0 Å². The molecule has 1 N–H and O–H groups in total. The van der Waals surface area contributed by atoms with E-state index in [0.29, 0.717) is 12.6 Å². The fraction of sp³-hybridized carbons (Fsp3) is 0.909. The van der Waals surface area contributed by atoms with E-state index in [9.17, 15) is 4.79 Å². The summed E-state index contributed by atoms with van der Waals surface area (Å²) in [6.07, 6.45) is 0.213. The van der Waals surface area contributed by atoms with E-state index in [4.69, 9.17) is 9.84 Å². The molecule has 0 aromatic carbocycles. The minimum Gasteiger partial charge on any atom is -0.481 e. The monoisotopic (exact) mass is 230 g/mol. The second kappa shape index (κ2) is 6.18. The zero-order valence-corrected chi connectivity index (χ0v) is 10.3. The molecule has 0 radical (unpaired) electrons. The Hall–Kier alpha value is -0.650. The standard InChI is InChI=1S/C11H22N2O3/c1-9-7-13(4-5-16-3)8-10(12(9)2)6-11(14)15/h9-10H,4-8H2,1-3H3,(H,14,15). The Labute approximate surface area is 97.0 Å². The number of hydrogen-bond donors (Lipinski definition) is 1. The van der Waals surface area contributed by atoms with E-state index in [-0.39, 0.29) is 12.5 Å². The number of carboxylic acid groups (broad SMARTS) is 1. The predicted octanol–water partition coefficient (Wildman–Crippen LogP) is 0.112. The maximum Gasteiger partial charge on any atom is 0.304 e. The lowest BCUT2D eigenvalue weighted by atomic mass is 10.1. The molecule has 0 aliphatic carbocycles. The number of carboxylic acids is 1. The molecule has 1 aliphatic heterocycles. The van der Waals surface area contributed by atoms with Gasteiger partial charge in [-0.05, 0) is 14.0 Å². The number of aliphatic carboxylic acids is 1. The molecule has 0 bridgehead atoms. The fourth-order valence-electron chi connectivity index (χ4n) is 2.18. The topological polar surface area (TPSA) is 53.0 Å². The average Bonchev–Trinajstić information content (AvgIpc) is 2.21. The quantitative estimate of drug-likeness (QED) is 0.726. The molecule has 1 fully saturated rings. The van der Waals surface area contributed by atoms with Crippen molar-refractivity contribution in [2.45, 2.75) is 25.4 Å². The zero-order chi connectivity index (χ0) is 12.1. The van der Waals surface area contributed by atoms with Gasteiger partial charge in [-0.2, -0.15) is 0 Å². The van der Waals surface area contributed by atoms with Crippen LogP contribution in [0.2, 0.25) is 0 Å².